The van der Waals surface area contributed by atoms with E-state index in [0.717, 1.165) is 52.0 Å². The lowest BCUT2D eigenvalue weighted by Crippen LogP contribution is -2.41. The van der Waals surface area contributed by atoms with Crippen LogP contribution < -0.4 is 16.0 Å². The molecule has 158 valence electrons. The van der Waals surface area contributed by atoms with E-state index in [2.05, 4.69) is 16.5 Å². The summed E-state index contributed by atoms with van der Waals surface area (Å²) in [6.07, 6.45) is 3.46. The van der Waals surface area contributed by atoms with Crippen molar-refractivity contribution in [2.24, 2.45) is 20.0 Å². The van der Waals surface area contributed by atoms with Crippen LogP contribution in [0.5, 0.6) is 0 Å². The Kier molecular flexibility index (Phi) is 6.40. The fourth-order valence-corrected chi connectivity index (χ4v) is 4.71. The molecular weight excluding hydrogens is 392 g/mol. The van der Waals surface area contributed by atoms with Crippen molar-refractivity contribution in [3.05, 3.63) is 62.4 Å². The molecule has 1 N–H and O–H groups in total. The molecule has 1 saturated heterocycles. The van der Waals surface area contributed by atoms with Crippen LogP contribution in [-0.2, 0) is 37.2 Å². The molecule has 1 aromatic heterocycles. The lowest BCUT2D eigenvalue weighted by molar-refractivity contribution is 0.185. The molecule has 1 aliphatic heterocycles. The minimum absolute atomic E-state index is 0.0687. The monoisotopic (exact) mass is 420 g/mol. The molecule has 0 saturated carbocycles. The molecule has 0 aliphatic carbocycles. The van der Waals surface area contributed by atoms with Crippen LogP contribution in [0.25, 0.3) is 0 Å². The largest absolute Gasteiger partial charge is 0.330 e. The Morgan fingerprint density at radius 1 is 1.10 bits per heavy atom. The van der Waals surface area contributed by atoms with E-state index in [0.29, 0.717) is 0 Å². The number of piperidine rings is 1. The number of nitrogens with zero attached hydrogens (tertiary/aromatic N) is 3. The molecule has 0 spiro atoms. The number of nitrogens with one attached hydrogen (secondary N) is 1. The number of aryl methyl sites for hydroxylation is 1. The molecule has 1 aliphatic rings. The van der Waals surface area contributed by atoms with Gasteiger partial charge >= 0.3 is 5.69 Å². The summed E-state index contributed by atoms with van der Waals surface area (Å²) in [6.45, 7) is 5.35. The van der Waals surface area contributed by atoms with E-state index in [1.54, 1.807) is 0 Å². The summed E-state index contributed by atoms with van der Waals surface area (Å²) in [6, 6.07) is 7.79. The van der Waals surface area contributed by atoms with Crippen LogP contribution in [0.1, 0.15) is 30.9 Å². The quantitative estimate of drug-likeness (QED) is 0.746. The average molecular weight is 421 g/mol. The molecule has 0 amide bonds. The van der Waals surface area contributed by atoms with E-state index in [-0.39, 0.29) is 6.54 Å². The summed E-state index contributed by atoms with van der Waals surface area (Å²) in [5.74, 6) is 0.775. The van der Waals surface area contributed by atoms with Crippen LogP contribution in [0, 0.1) is 5.92 Å². The second-order valence-electron chi connectivity index (χ2n) is 7.85. The van der Waals surface area contributed by atoms with Crippen LogP contribution in [0.4, 0.5) is 0 Å². The topological polar surface area (TPSA) is 93.4 Å². The van der Waals surface area contributed by atoms with E-state index in [1.807, 2.05) is 24.3 Å². The summed E-state index contributed by atoms with van der Waals surface area (Å²) in [5, 5.41) is 0. The zero-order valence-corrected chi connectivity index (χ0v) is 17.9. The molecule has 1 fully saturated rings. The number of sulfonamides is 1. The molecule has 8 nitrogen and oxygen atoms in total. The van der Waals surface area contributed by atoms with E-state index in [4.69, 9.17) is 0 Å². The Bertz CT molecular complexity index is 1100. The SMILES string of the molecule is CC1CCN(Cc2cccc(CNS(=O)(=O)c3cn(C)c(=O)n(C)c3=O)c2)CC1. The molecule has 0 unspecified atom stereocenters. The standard InChI is InChI=1S/C20H28N4O4S/c1-15-7-9-24(10-8-15)13-17-6-4-5-16(11-17)12-21-29(27,28)18-14-22(2)20(26)23(3)19(18)25/h4-6,11,14-15,21H,7-10,12-13H2,1-3H3. The highest BCUT2D eigenvalue weighted by atomic mass is 32.2. The summed E-state index contributed by atoms with van der Waals surface area (Å²) in [4.78, 5) is 26.0. The van der Waals surface area contributed by atoms with E-state index in [1.165, 1.54) is 26.9 Å². The zero-order valence-electron chi connectivity index (χ0n) is 17.1. The lowest BCUT2D eigenvalue weighted by atomic mass is 9.98. The third-order valence-corrected chi connectivity index (χ3v) is 6.83. The van der Waals surface area contributed by atoms with Crippen LogP contribution >= 0.6 is 0 Å². The molecule has 0 bridgehead atoms. The maximum Gasteiger partial charge on any atom is 0.330 e. The molecule has 3 rings (SSSR count). The smallest absolute Gasteiger partial charge is 0.302 e. The van der Waals surface area contributed by atoms with Gasteiger partial charge in [-0.3, -0.25) is 14.3 Å². The first-order valence-electron chi connectivity index (χ1n) is 9.74. The van der Waals surface area contributed by atoms with Crippen LogP contribution in [-0.4, -0.2) is 35.5 Å². The highest BCUT2D eigenvalue weighted by molar-refractivity contribution is 7.89. The first kappa shape index (κ1) is 21.5. The van der Waals surface area contributed by atoms with E-state index >= 15 is 0 Å². The summed E-state index contributed by atoms with van der Waals surface area (Å²) in [7, 11) is -1.38. The van der Waals surface area contributed by atoms with Crippen molar-refractivity contribution >= 4 is 10.0 Å². The van der Waals surface area contributed by atoms with Crippen molar-refractivity contribution < 1.29 is 8.42 Å². The van der Waals surface area contributed by atoms with Gasteiger partial charge in [0, 0.05) is 33.4 Å². The minimum atomic E-state index is -4.05. The highest BCUT2D eigenvalue weighted by Gasteiger charge is 2.21. The fraction of sp³-hybridized carbons (Fsp3) is 0.500. The van der Waals surface area contributed by atoms with Gasteiger partial charge < -0.3 is 4.57 Å². The average Bonchev–Trinajstić information content (AvgIpc) is 2.69. The van der Waals surface area contributed by atoms with Crippen molar-refractivity contribution in [2.75, 3.05) is 13.1 Å². The van der Waals surface area contributed by atoms with Gasteiger partial charge in [0.1, 0.15) is 0 Å². The number of hydrogen-bond acceptors (Lipinski definition) is 5. The number of benzene rings is 1. The number of aromatic nitrogens is 2. The van der Waals surface area contributed by atoms with E-state index < -0.39 is 26.2 Å². The Morgan fingerprint density at radius 2 is 1.76 bits per heavy atom. The highest BCUT2D eigenvalue weighted by Crippen LogP contribution is 2.18. The van der Waals surface area contributed by atoms with Gasteiger partial charge in [-0.05, 0) is 43.0 Å². The van der Waals surface area contributed by atoms with Gasteiger partial charge in [0.25, 0.3) is 5.56 Å². The second kappa shape index (κ2) is 8.64. The predicted octanol–water partition coefficient (Wildman–Crippen LogP) is 0.794. The lowest BCUT2D eigenvalue weighted by Gasteiger charge is -2.30. The van der Waals surface area contributed by atoms with Crippen molar-refractivity contribution in [3.63, 3.8) is 0 Å². The maximum absolute atomic E-state index is 12.6. The molecule has 2 aromatic rings. The minimum Gasteiger partial charge on any atom is -0.302 e. The van der Waals surface area contributed by atoms with Crippen molar-refractivity contribution in [1.29, 1.82) is 0 Å². The number of hydrogen-bond donors (Lipinski definition) is 1. The maximum atomic E-state index is 12.6. The van der Waals surface area contributed by atoms with Gasteiger partial charge in [0.05, 0.1) is 0 Å². The first-order chi connectivity index (χ1) is 13.7. The molecule has 0 atom stereocenters. The second-order valence-corrected chi connectivity index (χ2v) is 9.59. The Morgan fingerprint density at radius 3 is 2.45 bits per heavy atom. The Hall–Kier alpha value is -2.23. The fourth-order valence-electron chi connectivity index (χ4n) is 3.53. The molecule has 29 heavy (non-hydrogen) atoms. The predicted molar refractivity (Wildman–Crippen MR) is 111 cm³/mol. The normalized spacial score (nSPS) is 16.2. The Balaban J connectivity index is 1.71. The molecular formula is C20H28N4O4S. The van der Waals surface area contributed by atoms with Gasteiger partial charge in [-0.15, -0.1) is 0 Å². The van der Waals surface area contributed by atoms with Crippen molar-refractivity contribution in [1.82, 2.24) is 18.8 Å². The Labute approximate surface area is 170 Å². The third-order valence-electron chi connectivity index (χ3n) is 5.44. The molecule has 0 radical (unpaired) electrons. The molecule has 9 heteroatoms. The first-order valence-corrected chi connectivity index (χ1v) is 11.2. The van der Waals surface area contributed by atoms with Gasteiger partial charge in [-0.2, -0.15) is 0 Å². The number of rotatable bonds is 6. The van der Waals surface area contributed by atoms with Crippen molar-refractivity contribution in [3.8, 4) is 0 Å². The van der Waals surface area contributed by atoms with Crippen LogP contribution in [0.15, 0.2) is 44.9 Å². The van der Waals surface area contributed by atoms with Gasteiger partial charge in [-0.25, -0.2) is 17.9 Å². The van der Waals surface area contributed by atoms with Crippen molar-refractivity contribution in [2.45, 2.75) is 37.8 Å². The summed E-state index contributed by atoms with van der Waals surface area (Å²) < 4.78 is 29.6. The van der Waals surface area contributed by atoms with Crippen LogP contribution in [0.3, 0.4) is 0 Å². The zero-order chi connectivity index (χ0) is 21.2. The van der Waals surface area contributed by atoms with Gasteiger partial charge in [0.2, 0.25) is 10.0 Å². The third kappa shape index (κ3) is 5.04. The van der Waals surface area contributed by atoms with Crippen LogP contribution in [0.2, 0.25) is 0 Å². The molecule has 1 aromatic carbocycles. The van der Waals surface area contributed by atoms with E-state index in [9.17, 15) is 18.0 Å². The number of likely N-dealkylation sites (tertiary alicyclic amines) is 1. The summed E-state index contributed by atoms with van der Waals surface area (Å²) in [5.41, 5.74) is 0.537. The molecule has 2 heterocycles. The summed E-state index contributed by atoms with van der Waals surface area (Å²) >= 11 is 0. The van der Waals surface area contributed by atoms with Gasteiger partial charge in [-0.1, -0.05) is 31.2 Å². The van der Waals surface area contributed by atoms with Gasteiger partial charge in [0.15, 0.2) is 4.90 Å².